The normalized spacial score (nSPS) is 11.5. The Hall–Kier alpha value is -2.64. The van der Waals surface area contributed by atoms with Crippen LogP contribution >= 0.6 is 23.4 Å². The van der Waals surface area contributed by atoms with E-state index in [0.29, 0.717) is 22.4 Å². The molecule has 150 valence electrons. The fourth-order valence-electron chi connectivity index (χ4n) is 2.72. The molecule has 0 spiro atoms. The largest absolute Gasteiger partial charge is 0.302 e. The summed E-state index contributed by atoms with van der Waals surface area (Å²) in [6, 6.07) is 15.5. The first-order chi connectivity index (χ1) is 14.0. The predicted molar refractivity (Wildman–Crippen MR) is 118 cm³/mol. The summed E-state index contributed by atoms with van der Waals surface area (Å²) in [7, 11) is 0. The number of carbonyl (C=O) groups excluding carboxylic acids is 1. The van der Waals surface area contributed by atoms with Crippen molar-refractivity contribution in [3.8, 4) is 11.4 Å². The zero-order valence-corrected chi connectivity index (χ0v) is 18.1. The highest BCUT2D eigenvalue weighted by Crippen LogP contribution is 2.24. The molecule has 3 rings (SSSR count). The molecule has 6 nitrogen and oxygen atoms in total. The lowest BCUT2D eigenvalue weighted by Gasteiger charge is -2.07. The highest BCUT2D eigenvalue weighted by molar-refractivity contribution is 7.99. The summed E-state index contributed by atoms with van der Waals surface area (Å²) >= 11 is 7.49. The maximum absolute atomic E-state index is 12.2. The van der Waals surface area contributed by atoms with Crippen molar-refractivity contribution in [3.05, 3.63) is 64.7 Å². The second kappa shape index (κ2) is 9.71. The molecule has 0 atom stereocenters. The van der Waals surface area contributed by atoms with Gasteiger partial charge in [0, 0.05) is 22.7 Å². The number of carbonyl (C=O) groups is 1. The van der Waals surface area contributed by atoms with E-state index in [4.69, 9.17) is 11.6 Å². The predicted octanol–water partition coefficient (Wildman–Crippen LogP) is 4.56. The van der Waals surface area contributed by atoms with Crippen LogP contribution in [0.1, 0.15) is 25.0 Å². The summed E-state index contributed by atoms with van der Waals surface area (Å²) in [5.41, 5.74) is 6.20. The molecule has 8 heteroatoms. The van der Waals surface area contributed by atoms with E-state index in [1.165, 1.54) is 17.3 Å². The molecule has 1 amide bonds. The lowest BCUT2D eigenvalue weighted by molar-refractivity contribution is -0.118. The number of hydrogen-bond acceptors (Lipinski definition) is 5. The van der Waals surface area contributed by atoms with Crippen LogP contribution in [0.2, 0.25) is 5.02 Å². The Bertz CT molecular complexity index is 1030. The standard InChI is InChI=1S/C21H22ClN5OS/c1-4-27-20(16-11-9-14(2)10-12-16)25-26-21(27)29-13-19(28)24-23-15(3)17-7-5-6-8-18(17)22/h5-12H,4,13H2,1-3H3,(H,24,28). The molecule has 0 aliphatic rings. The molecule has 2 aromatic carbocycles. The summed E-state index contributed by atoms with van der Waals surface area (Å²) in [5.74, 6) is 0.762. The Labute approximate surface area is 179 Å². The molecule has 1 N–H and O–H groups in total. The third-order valence-corrected chi connectivity index (χ3v) is 5.58. The number of hydrogen-bond donors (Lipinski definition) is 1. The maximum atomic E-state index is 12.2. The maximum Gasteiger partial charge on any atom is 0.250 e. The molecule has 29 heavy (non-hydrogen) atoms. The smallest absolute Gasteiger partial charge is 0.250 e. The summed E-state index contributed by atoms with van der Waals surface area (Å²) < 4.78 is 2.00. The van der Waals surface area contributed by atoms with Crippen molar-refractivity contribution in [1.29, 1.82) is 0 Å². The second-order valence-corrected chi connectivity index (χ2v) is 7.77. The Kier molecular flexibility index (Phi) is 7.06. The van der Waals surface area contributed by atoms with Crippen LogP contribution in [-0.4, -0.2) is 32.1 Å². The molecule has 0 aliphatic carbocycles. The number of nitrogens with zero attached hydrogens (tertiary/aromatic N) is 4. The first-order valence-electron chi connectivity index (χ1n) is 9.20. The fourth-order valence-corrected chi connectivity index (χ4v) is 3.79. The lowest BCUT2D eigenvalue weighted by atomic mass is 10.1. The number of nitrogens with one attached hydrogen (secondary N) is 1. The number of benzene rings is 2. The summed E-state index contributed by atoms with van der Waals surface area (Å²) in [6.07, 6.45) is 0. The SMILES string of the molecule is CCn1c(SCC(=O)NN=C(C)c2ccccc2Cl)nnc1-c1ccc(C)cc1. The average molecular weight is 428 g/mol. The zero-order chi connectivity index (χ0) is 20.8. The number of aryl methyl sites for hydroxylation is 1. The van der Waals surface area contributed by atoms with Gasteiger partial charge in [-0.3, -0.25) is 4.79 Å². The van der Waals surface area contributed by atoms with Crippen LogP contribution in [-0.2, 0) is 11.3 Å². The molecular weight excluding hydrogens is 406 g/mol. The van der Waals surface area contributed by atoms with Gasteiger partial charge in [0.25, 0.3) is 5.91 Å². The van der Waals surface area contributed by atoms with E-state index in [2.05, 4.69) is 20.7 Å². The number of halogens is 1. The van der Waals surface area contributed by atoms with Crippen LogP contribution in [0.4, 0.5) is 0 Å². The van der Waals surface area contributed by atoms with E-state index >= 15 is 0 Å². The minimum Gasteiger partial charge on any atom is -0.302 e. The third kappa shape index (κ3) is 5.25. The molecule has 0 radical (unpaired) electrons. The van der Waals surface area contributed by atoms with E-state index in [-0.39, 0.29) is 11.7 Å². The van der Waals surface area contributed by atoms with E-state index in [1.54, 1.807) is 13.0 Å². The first-order valence-corrected chi connectivity index (χ1v) is 10.6. The zero-order valence-electron chi connectivity index (χ0n) is 16.5. The number of thioether (sulfide) groups is 1. The van der Waals surface area contributed by atoms with Gasteiger partial charge in [0.15, 0.2) is 11.0 Å². The Balaban J connectivity index is 1.64. The van der Waals surface area contributed by atoms with Crippen LogP contribution in [0, 0.1) is 6.92 Å². The molecule has 0 saturated carbocycles. The molecule has 0 saturated heterocycles. The Morgan fingerprint density at radius 2 is 1.90 bits per heavy atom. The van der Waals surface area contributed by atoms with Crippen LogP contribution in [0.5, 0.6) is 0 Å². The summed E-state index contributed by atoms with van der Waals surface area (Å²) in [4.78, 5) is 12.2. The number of hydrazone groups is 1. The lowest BCUT2D eigenvalue weighted by Crippen LogP contribution is -2.21. The van der Waals surface area contributed by atoms with Gasteiger partial charge < -0.3 is 4.57 Å². The topological polar surface area (TPSA) is 72.2 Å². The van der Waals surface area contributed by atoms with Gasteiger partial charge in [0.2, 0.25) is 0 Å². The minimum atomic E-state index is -0.219. The van der Waals surface area contributed by atoms with Gasteiger partial charge in [-0.15, -0.1) is 10.2 Å². The van der Waals surface area contributed by atoms with Crippen molar-refractivity contribution in [2.24, 2.45) is 5.10 Å². The Morgan fingerprint density at radius 3 is 2.59 bits per heavy atom. The minimum absolute atomic E-state index is 0.186. The number of aromatic nitrogens is 3. The summed E-state index contributed by atoms with van der Waals surface area (Å²) in [6.45, 7) is 6.59. The van der Waals surface area contributed by atoms with Crippen LogP contribution in [0.15, 0.2) is 58.8 Å². The molecule has 0 aliphatic heterocycles. The molecule has 0 fully saturated rings. The van der Waals surface area contributed by atoms with E-state index in [0.717, 1.165) is 17.0 Å². The van der Waals surface area contributed by atoms with Gasteiger partial charge in [0.05, 0.1) is 11.5 Å². The van der Waals surface area contributed by atoms with Gasteiger partial charge in [-0.1, -0.05) is 71.4 Å². The van der Waals surface area contributed by atoms with Gasteiger partial charge in [-0.05, 0) is 26.8 Å². The van der Waals surface area contributed by atoms with Crippen molar-refractivity contribution in [2.45, 2.75) is 32.5 Å². The monoisotopic (exact) mass is 427 g/mol. The molecule has 3 aromatic rings. The molecular formula is C21H22ClN5OS. The van der Waals surface area contributed by atoms with Gasteiger partial charge >= 0.3 is 0 Å². The van der Waals surface area contributed by atoms with Crippen LogP contribution < -0.4 is 5.43 Å². The van der Waals surface area contributed by atoms with Crippen LogP contribution in [0.25, 0.3) is 11.4 Å². The third-order valence-electron chi connectivity index (χ3n) is 4.29. The fraction of sp³-hybridized carbons (Fsp3) is 0.238. The number of amides is 1. The first kappa shape index (κ1) is 21.1. The Morgan fingerprint density at radius 1 is 1.17 bits per heavy atom. The quantitative estimate of drug-likeness (QED) is 0.341. The van der Waals surface area contributed by atoms with E-state index in [9.17, 15) is 4.79 Å². The molecule has 0 bridgehead atoms. The van der Waals surface area contributed by atoms with Crippen molar-refractivity contribution >= 4 is 35.0 Å². The summed E-state index contributed by atoms with van der Waals surface area (Å²) in [5, 5.41) is 14.0. The van der Waals surface area contributed by atoms with Crippen molar-refractivity contribution in [1.82, 2.24) is 20.2 Å². The van der Waals surface area contributed by atoms with Crippen molar-refractivity contribution < 1.29 is 4.79 Å². The van der Waals surface area contributed by atoms with Crippen molar-refractivity contribution in [2.75, 3.05) is 5.75 Å². The molecule has 1 aromatic heterocycles. The highest BCUT2D eigenvalue weighted by atomic mass is 35.5. The highest BCUT2D eigenvalue weighted by Gasteiger charge is 2.14. The van der Waals surface area contributed by atoms with Gasteiger partial charge in [0.1, 0.15) is 0 Å². The van der Waals surface area contributed by atoms with Crippen LogP contribution in [0.3, 0.4) is 0 Å². The molecule has 0 unspecified atom stereocenters. The van der Waals surface area contributed by atoms with E-state index < -0.39 is 0 Å². The number of rotatable bonds is 7. The average Bonchev–Trinajstić information content (AvgIpc) is 3.14. The second-order valence-electron chi connectivity index (χ2n) is 6.42. The van der Waals surface area contributed by atoms with Gasteiger partial charge in [-0.2, -0.15) is 5.10 Å². The molecule has 1 heterocycles. The van der Waals surface area contributed by atoms with E-state index in [1.807, 2.05) is 60.9 Å². The van der Waals surface area contributed by atoms with Gasteiger partial charge in [-0.25, -0.2) is 5.43 Å². The van der Waals surface area contributed by atoms with Crippen molar-refractivity contribution in [3.63, 3.8) is 0 Å².